The van der Waals surface area contributed by atoms with E-state index >= 15 is 0 Å². The highest BCUT2D eigenvalue weighted by Crippen LogP contribution is 2.42. The summed E-state index contributed by atoms with van der Waals surface area (Å²) in [5, 5.41) is 1.12. The molecule has 3 rings (SSSR count). The van der Waals surface area contributed by atoms with E-state index in [1.54, 1.807) is 12.1 Å². The second-order valence-electron chi connectivity index (χ2n) is 6.24. The molecule has 0 saturated carbocycles. The van der Waals surface area contributed by atoms with E-state index in [2.05, 4.69) is 22.9 Å². The Balaban J connectivity index is 2.13. The van der Waals surface area contributed by atoms with Crippen LogP contribution in [0.15, 0.2) is 48.7 Å². The molecule has 0 amide bonds. The molecule has 2 nitrogen and oxygen atoms in total. The maximum absolute atomic E-state index is 13.1. The topological polar surface area (TPSA) is 22.0 Å². The number of benzene rings is 2. The van der Waals surface area contributed by atoms with Gasteiger partial charge in [-0.15, -0.1) is 0 Å². The molecule has 22 heavy (non-hydrogen) atoms. The van der Waals surface area contributed by atoms with Gasteiger partial charge < -0.3 is 9.13 Å². The number of hydrogen-bond acceptors (Lipinski definition) is 1. The van der Waals surface area contributed by atoms with Crippen molar-refractivity contribution in [3.63, 3.8) is 0 Å². The van der Waals surface area contributed by atoms with Gasteiger partial charge in [-0.25, -0.2) is 4.39 Å². The monoisotopic (exact) mass is 315 g/mol. The van der Waals surface area contributed by atoms with Gasteiger partial charge in [-0.2, -0.15) is 0 Å². The zero-order valence-electron chi connectivity index (χ0n) is 13.0. The van der Waals surface area contributed by atoms with Crippen LogP contribution in [0, 0.1) is 5.82 Å². The highest BCUT2D eigenvalue weighted by molar-refractivity contribution is 7.61. The van der Waals surface area contributed by atoms with Gasteiger partial charge in [0, 0.05) is 30.3 Å². The Morgan fingerprint density at radius 2 is 1.68 bits per heavy atom. The lowest BCUT2D eigenvalue weighted by Gasteiger charge is -2.06. The number of halogens is 1. The van der Waals surface area contributed by atoms with Crippen molar-refractivity contribution in [2.24, 2.45) is 7.05 Å². The number of rotatable bonds is 3. The van der Waals surface area contributed by atoms with E-state index in [9.17, 15) is 8.96 Å². The first-order valence-electron chi connectivity index (χ1n) is 7.21. The first kappa shape index (κ1) is 15.1. The molecule has 2 aromatic carbocycles. The summed E-state index contributed by atoms with van der Waals surface area (Å²) in [5.74, 6) is -0.233. The van der Waals surface area contributed by atoms with Gasteiger partial charge in [-0.3, -0.25) is 0 Å². The number of hydrogen-bond donors (Lipinski definition) is 0. The van der Waals surface area contributed by atoms with Gasteiger partial charge in [0.1, 0.15) is 5.82 Å². The van der Waals surface area contributed by atoms with Crippen LogP contribution in [0.2, 0.25) is 0 Å². The van der Waals surface area contributed by atoms with Crippen LogP contribution in [0.1, 0.15) is 5.56 Å². The Hall–Kier alpha value is -1.86. The molecule has 0 fully saturated rings. The van der Waals surface area contributed by atoms with Gasteiger partial charge in [0.15, 0.2) is 0 Å². The van der Waals surface area contributed by atoms with E-state index in [-0.39, 0.29) is 5.82 Å². The standard InChI is InChI=1S/C18H19FNOP/c1-20-11-15(12-22(2,3)21)17-10-14(6-9-18(17)20)13-4-7-16(19)8-5-13/h4-11H,12H2,1-3H3. The average Bonchev–Trinajstić information content (AvgIpc) is 2.74. The second-order valence-corrected chi connectivity index (χ2v) is 9.70. The van der Waals surface area contributed by atoms with Crippen molar-refractivity contribution >= 4 is 18.0 Å². The van der Waals surface area contributed by atoms with E-state index in [1.165, 1.54) is 12.1 Å². The number of aromatic nitrogens is 1. The molecular weight excluding hydrogens is 296 g/mol. The number of fused-ring (bicyclic) bond motifs is 1. The van der Waals surface area contributed by atoms with Gasteiger partial charge in [0.2, 0.25) is 0 Å². The first-order valence-corrected chi connectivity index (χ1v) is 10.00. The van der Waals surface area contributed by atoms with E-state index in [4.69, 9.17) is 0 Å². The van der Waals surface area contributed by atoms with Gasteiger partial charge in [-0.05, 0) is 54.3 Å². The minimum absolute atomic E-state index is 0.233. The van der Waals surface area contributed by atoms with Gasteiger partial charge >= 0.3 is 0 Å². The fraction of sp³-hybridized carbons (Fsp3) is 0.222. The maximum Gasteiger partial charge on any atom is 0.123 e. The third-order valence-corrected chi connectivity index (χ3v) is 4.90. The third-order valence-electron chi connectivity index (χ3n) is 3.80. The predicted molar refractivity (Wildman–Crippen MR) is 91.5 cm³/mol. The quantitative estimate of drug-likeness (QED) is 0.616. The highest BCUT2D eigenvalue weighted by Gasteiger charge is 2.14. The van der Waals surface area contributed by atoms with Crippen molar-refractivity contribution in [1.29, 1.82) is 0 Å². The van der Waals surface area contributed by atoms with Crippen molar-refractivity contribution < 1.29 is 8.96 Å². The van der Waals surface area contributed by atoms with Crippen molar-refractivity contribution in [3.05, 3.63) is 60.0 Å². The Labute approximate surface area is 130 Å². The fourth-order valence-electron chi connectivity index (χ4n) is 2.83. The molecule has 0 unspecified atom stereocenters. The molecule has 0 N–H and O–H groups in total. The lowest BCUT2D eigenvalue weighted by Crippen LogP contribution is -1.84. The fourth-order valence-corrected chi connectivity index (χ4v) is 3.90. The molecule has 3 aromatic rings. The third kappa shape index (κ3) is 3.00. The van der Waals surface area contributed by atoms with Gasteiger partial charge in [-0.1, -0.05) is 18.2 Å². The average molecular weight is 315 g/mol. The highest BCUT2D eigenvalue weighted by atomic mass is 31.2. The summed E-state index contributed by atoms with van der Waals surface area (Å²) in [6.07, 6.45) is 2.65. The number of nitrogens with zero attached hydrogens (tertiary/aromatic N) is 1. The zero-order chi connectivity index (χ0) is 15.9. The molecule has 0 bridgehead atoms. The molecule has 0 radical (unpaired) electrons. The normalized spacial score (nSPS) is 12.0. The zero-order valence-corrected chi connectivity index (χ0v) is 13.9. The number of aryl methyl sites for hydroxylation is 1. The van der Waals surface area contributed by atoms with Crippen molar-refractivity contribution in [2.75, 3.05) is 13.3 Å². The SMILES string of the molecule is Cn1cc(CP(C)(C)=O)c2cc(-c3ccc(F)cc3)ccc21. The summed E-state index contributed by atoms with van der Waals surface area (Å²) in [6.45, 7) is 3.63. The smallest absolute Gasteiger partial charge is 0.123 e. The van der Waals surface area contributed by atoms with E-state index in [1.807, 2.05) is 26.4 Å². The summed E-state index contributed by atoms with van der Waals surface area (Å²) in [7, 11) is -0.136. The van der Waals surface area contributed by atoms with Crippen LogP contribution in [0.5, 0.6) is 0 Å². The molecule has 114 valence electrons. The van der Waals surface area contributed by atoms with E-state index in [0.717, 1.165) is 27.6 Å². The molecule has 4 heteroatoms. The second kappa shape index (κ2) is 5.40. The lowest BCUT2D eigenvalue weighted by molar-refractivity contribution is 0.582. The Bertz CT molecular complexity index is 874. The first-order chi connectivity index (χ1) is 10.3. The molecule has 0 aliphatic rings. The van der Waals surface area contributed by atoms with Crippen LogP contribution in [-0.2, 0) is 17.8 Å². The summed E-state index contributed by atoms with van der Waals surface area (Å²) in [6, 6.07) is 12.7. The molecular formula is C18H19FNOP. The van der Waals surface area contributed by atoms with Crippen LogP contribution in [0.4, 0.5) is 4.39 Å². The van der Waals surface area contributed by atoms with Crippen molar-refractivity contribution in [3.8, 4) is 11.1 Å². The molecule has 0 aliphatic carbocycles. The Kier molecular flexibility index (Phi) is 3.70. The van der Waals surface area contributed by atoms with E-state index in [0.29, 0.717) is 6.16 Å². The summed E-state index contributed by atoms with van der Waals surface area (Å²) < 4.78 is 27.3. The molecule has 0 atom stereocenters. The molecule has 1 heterocycles. The molecule has 0 aliphatic heterocycles. The minimum atomic E-state index is -2.14. The Morgan fingerprint density at radius 1 is 1.05 bits per heavy atom. The maximum atomic E-state index is 13.1. The predicted octanol–water partition coefficient (Wildman–Crippen LogP) is 5.11. The minimum Gasteiger partial charge on any atom is -0.350 e. The van der Waals surface area contributed by atoms with Crippen molar-refractivity contribution in [1.82, 2.24) is 4.57 Å². The van der Waals surface area contributed by atoms with E-state index < -0.39 is 7.14 Å². The molecule has 0 spiro atoms. The summed E-state index contributed by atoms with van der Waals surface area (Å²) in [4.78, 5) is 0. The molecule has 0 saturated heterocycles. The summed E-state index contributed by atoms with van der Waals surface area (Å²) in [5.41, 5.74) is 4.25. The lowest BCUT2D eigenvalue weighted by atomic mass is 10.0. The Morgan fingerprint density at radius 3 is 2.32 bits per heavy atom. The van der Waals surface area contributed by atoms with Crippen LogP contribution in [0.25, 0.3) is 22.0 Å². The van der Waals surface area contributed by atoms with Crippen LogP contribution in [-0.4, -0.2) is 17.9 Å². The van der Waals surface area contributed by atoms with Crippen LogP contribution < -0.4 is 0 Å². The largest absolute Gasteiger partial charge is 0.350 e. The van der Waals surface area contributed by atoms with Gasteiger partial charge in [0.25, 0.3) is 0 Å². The van der Waals surface area contributed by atoms with Crippen LogP contribution >= 0.6 is 7.14 Å². The van der Waals surface area contributed by atoms with Crippen LogP contribution in [0.3, 0.4) is 0 Å². The summed E-state index contributed by atoms with van der Waals surface area (Å²) >= 11 is 0. The molecule has 1 aromatic heterocycles. The van der Waals surface area contributed by atoms with Gasteiger partial charge in [0.05, 0.1) is 7.14 Å². The van der Waals surface area contributed by atoms with Crippen molar-refractivity contribution in [2.45, 2.75) is 6.16 Å².